The first kappa shape index (κ1) is 18.5. The summed E-state index contributed by atoms with van der Waals surface area (Å²) in [6.07, 6.45) is 2.48. The Hall–Kier alpha value is -2.90. The molecule has 1 aromatic heterocycles. The summed E-state index contributed by atoms with van der Waals surface area (Å²) in [6, 6.07) is 21.4. The Morgan fingerprint density at radius 3 is 2.36 bits per heavy atom. The van der Waals surface area contributed by atoms with Gasteiger partial charge >= 0.3 is 0 Å². The van der Waals surface area contributed by atoms with E-state index in [1.165, 1.54) is 0 Å². The van der Waals surface area contributed by atoms with Crippen molar-refractivity contribution in [1.82, 2.24) is 9.71 Å². The summed E-state index contributed by atoms with van der Waals surface area (Å²) in [5.74, 6) is 2.16. The molecule has 1 N–H and O–H groups in total. The molecule has 0 bridgehead atoms. The first-order valence-electron chi connectivity index (χ1n) is 9.11. The fourth-order valence-corrected chi connectivity index (χ4v) is 4.47. The molecule has 0 saturated carbocycles. The summed E-state index contributed by atoms with van der Waals surface area (Å²) in [7, 11) is -3.59. The third kappa shape index (κ3) is 4.32. The van der Waals surface area contributed by atoms with Crippen LogP contribution in [-0.2, 0) is 10.0 Å². The fourth-order valence-electron chi connectivity index (χ4n) is 3.20. The fraction of sp³-hybridized carbons (Fsp3) is 0.190. The maximum absolute atomic E-state index is 12.7. The van der Waals surface area contributed by atoms with Gasteiger partial charge in [-0.15, -0.1) is 0 Å². The van der Waals surface area contributed by atoms with E-state index in [4.69, 9.17) is 4.74 Å². The molecule has 1 saturated heterocycles. The van der Waals surface area contributed by atoms with Crippen molar-refractivity contribution in [3.63, 3.8) is 0 Å². The number of nitrogens with zero attached hydrogens (tertiary/aromatic N) is 2. The Morgan fingerprint density at radius 1 is 0.929 bits per heavy atom. The second-order valence-corrected chi connectivity index (χ2v) is 8.34. The number of hydrogen-bond acceptors (Lipinski definition) is 5. The molecule has 0 radical (unpaired) electrons. The number of benzene rings is 2. The van der Waals surface area contributed by atoms with Crippen molar-refractivity contribution in [1.29, 1.82) is 0 Å². The molecule has 2 aromatic carbocycles. The molecule has 6 nitrogen and oxygen atoms in total. The number of aromatic nitrogens is 1. The SMILES string of the molecule is O=S(=O)(NC1CCN(c2ccccn2)C1)c1ccc(Oc2ccccc2)cc1. The van der Waals surface area contributed by atoms with Gasteiger partial charge in [-0.1, -0.05) is 24.3 Å². The predicted octanol–water partition coefficient (Wildman–Crippen LogP) is 3.43. The number of pyridine rings is 1. The van der Waals surface area contributed by atoms with E-state index in [0.717, 1.165) is 18.8 Å². The van der Waals surface area contributed by atoms with Crippen LogP contribution in [-0.4, -0.2) is 32.5 Å². The van der Waals surface area contributed by atoms with Crippen LogP contribution in [0.2, 0.25) is 0 Å². The number of rotatable bonds is 6. The maximum atomic E-state index is 12.7. The van der Waals surface area contributed by atoms with Crippen LogP contribution in [0.5, 0.6) is 11.5 Å². The van der Waals surface area contributed by atoms with E-state index in [0.29, 0.717) is 18.0 Å². The Labute approximate surface area is 164 Å². The summed E-state index contributed by atoms with van der Waals surface area (Å²) < 4.78 is 33.9. The normalized spacial score (nSPS) is 16.9. The highest BCUT2D eigenvalue weighted by atomic mass is 32.2. The largest absolute Gasteiger partial charge is 0.457 e. The summed E-state index contributed by atoms with van der Waals surface area (Å²) >= 11 is 0. The molecular formula is C21H21N3O3S. The van der Waals surface area contributed by atoms with Crippen molar-refractivity contribution in [3.05, 3.63) is 79.0 Å². The van der Waals surface area contributed by atoms with E-state index in [-0.39, 0.29) is 10.9 Å². The minimum atomic E-state index is -3.59. The van der Waals surface area contributed by atoms with Crippen LogP contribution in [0.15, 0.2) is 83.9 Å². The highest BCUT2D eigenvalue weighted by molar-refractivity contribution is 7.89. The topological polar surface area (TPSA) is 71.5 Å². The molecule has 1 fully saturated rings. The summed E-state index contributed by atoms with van der Waals surface area (Å²) in [5.41, 5.74) is 0. The molecule has 4 rings (SSSR count). The zero-order chi connectivity index (χ0) is 19.4. The van der Waals surface area contributed by atoms with Crippen molar-refractivity contribution in [2.75, 3.05) is 18.0 Å². The van der Waals surface area contributed by atoms with E-state index in [1.807, 2.05) is 48.5 Å². The molecule has 1 unspecified atom stereocenters. The molecule has 1 atom stereocenters. The van der Waals surface area contributed by atoms with Gasteiger partial charge in [0.2, 0.25) is 10.0 Å². The van der Waals surface area contributed by atoms with Crippen molar-refractivity contribution < 1.29 is 13.2 Å². The summed E-state index contributed by atoms with van der Waals surface area (Å²) in [5, 5.41) is 0. The lowest BCUT2D eigenvalue weighted by Gasteiger charge is -2.18. The summed E-state index contributed by atoms with van der Waals surface area (Å²) in [4.78, 5) is 6.64. The highest BCUT2D eigenvalue weighted by Gasteiger charge is 2.27. The molecule has 1 aliphatic rings. The Morgan fingerprint density at radius 2 is 1.64 bits per heavy atom. The zero-order valence-electron chi connectivity index (χ0n) is 15.2. The van der Waals surface area contributed by atoms with Crippen molar-refractivity contribution >= 4 is 15.8 Å². The third-order valence-electron chi connectivity index (χ3n) is 4.60. The van der Waals surface area contributed by atoms with Gasteiger partial charge in [0.25, 0.3) is 0 Å². The van der Waals surface area contributed by atoms with Crippen LogP contribution in [0.25, 0.3) is 0 Å². The van der Waals surface area contributed by atoms with Crippen LogP contribution in [0.1, 0.15) is 6.42 Å². The van der Waals surface area contributed by atoms with Crippen molar-refractivity contribution in [2.24, 2.45) is 0 Å². The van der Waals surface area contributed by atoms with E-state index >= 15 is 0 Å². The van der Waals surface area contributed by atoms with Crippen LogP contribution < -0.4 is 14.4 Å². The van der Waals surface area contributed by atoms with Crippen LogP contribution in [0.3, 0.4) is 0 Å². The molecule has 28 heavy (non-hydrogen) atoms. The van der Waals surface area contributed by atoms with Gasteiger partial charge in [0.1, 0.15) is 17.3 Å². The Bertz CT molecular complexity index is 1010. The Kier molecular flexibility index (Phi) is 5.27. The van der Waals surface area contributed by atoms with E-state index < -0.39 is 10.0 Å². The highest BCUT2D eigenvalue weighted by Crippen LogP contribution is 2.23. The Balaban J connectivity index is 1.40. The molecule has 3 aromatic rings. The lowest BCUT2D eigenvalue weighted by atomic mass is 10.3. The van der Waals surface area contributed by atoms with Crippen molar-refractivity contribution in [3.8, 4) is 11.5 Å². The molecule has 7 heteroatoms. The molecule has 0 amide bonds. The monoisotopic (exact) mass is 395 g/mol. The quantitative estimate of drug-likeness (QED) is 0.692. The predicted molar refractivity (Wildman–Crippen MR) is 108 cm³/mol. The first-order valence-corrected chi connectivity index (χ1v) is 10.6. The van der Waals surface area contributed by atoms with Gasteiger partial charge in [-0.2, -0.15) is 0 Å². The second kappa shape index (κ2) is 8.00. The number of nitrogens with one attached hydrogen (secondary N) is 1. The van der Waals surface area contributed by atoms with E-state index in [9.17, 15) is 8.42 Å². The van der Waals surface area contributed by atoms with Gasteiger partial charge in [-0.05, 0) is 55.0 Å². The maximum Gasteiger partial charge on any atom is 0.240 e. The van der Waals surface area contributed by atoms with Gasteiger partial charge in [0, 0.05) is 25.3 Å². The number of sulfonamides is 1. The van der Waals surface area contributed by atoms with E-state index in [1.54, 1.807) is 30.5 Å². The van der Waals surface area contributed by atoms with Gasteiger partial charge in [-0.3, -0.25) is 0 Å². The molecular weight excluding hydrogens is 374 g/mol. The van der Waals surface area contributed by atoms with Gasteiger partial charge in [0.15, 0.2) is 0 Å². The average Bonchev–Trinajstić information content (AvgIpc) is 3.18. The molecule has 0 spiro atoms. The minimum Gasteiger partial charge on any atom is -0.457 e. The van der Waals surface area contributed by atoms with Crippen LogP contribution in [0, 0.1) is 0 Å². The zero-order valence-corrected chi connectivity index (χ0v) is 16.0. The third-order valence-corrected chi connectivity index (χ3v) is 6.13. The molecule has 144 valence electrons. The minimum absolute atomic E-state index is 0.146. The summed E-state index contributed by atoms with van der Waals surface area (Å²) in [6.45, 7) is 1.37. The average molecular weight is 395 g/mol. The van der Waals surface area contributed by atoms with Gasteiger partial charge in [0.05, 0.1) is 4.90 Å². The number of hydrogen-bond donors (Lipinski definition) is 1. The lowest BCUT2D eigenvalue weighted by Crippen LogP contribution is -2.37. The second-order valence-electron chi connectivity index (χ2n) is 6.63. The number of ether oxygens (including phenoxy) is 1. The first-order chi connectivity index (χ1) is 13.6. The number of para-hydroxylation sites is 1. The molecule has 2 heterocycles. The van der Waals surface area contributed by atoms with Crippen LogP contribution >= 0.6 is 0 Å². The van der Waals surface area contributed by atoms with E-state index in [2.05, 4.69) is 14.6 Å². The standard InChI is InChI=1S/C21H21N3O3S/c25-28(26,23-17-13-15-24(16-17)21-8-4-5-14-22-21)20-11-9-19(10-12-20)27-18-6-2-1-3-7-18/h1-12,14,17,23H,13,15-16H2. The smallest absolute Gasteiger partial charge is 0.240 e. The van der Waals surface area contributed by atoms with Crippen LogP contribution in [0.4, 0.5) is 5.82 Å². The molecule has 0 aliphatic carbocycles. The van der Waals surface area contributed by atoms with Crippen molar-refractivity contribution in [2.45, 2.75) is 17.4 Å². The van der Waals surface area contributed by atoms with Gasteiger partial charge < -0.3 is 9.64 Å². The lowest BCUT2D eigenvalue weighted by molar-refractivity contribution is 0.482. The van der Waals surface area contributed by atoms with Gasteiger partial charge in [-0.25, -0.2) is 18.1 Å². The number of anilines is 1. The molecule has 1 aliphatic heterocycles.